The largest absolute Gasteiger partial charge is 0.416 e. The Balaban J connectivity index is 1.67. The lowest BCUT2D eigenvalue weighted by Gasteiger charge is -2.14. The maximum absolute atomic E-state index is 12.8. The highest BCUT2D eigenvalue weighted by atomic mass is 32.2. The molecule has 0 atom stereocenters. The van der Waals surface area contributed by atoms with E-state index in [1.54, 1.807) is 11.8 Å². The number of alkyl halides is 3. The third-order valence-corrected chi connectivity index (χ3v) is 4.68. The molecule has 3 aromatic rings. The Bertz CT molecular complexity index is 894. The summed E-state index contributed by atoms with van der Waals surface area (Å²) in [5.41, 5.74) is 0.681. The van der Waals surface area contributed by atoms with Crippen LogP contribution in [0.15, 0.2) is 57.9 Å². The van der Waals surface area contributed by atoms with Gasteiger partial charge in [0.25, 0.3) is 0 Å². The Morgan fingerprint density at radius 1 is 1.07 bits per heavy atom. The summed E-state index contributed by atoms with van der Waals surface area (Å²) in [6.45, 7) is 1.09. The lowest BCUT2D eigenvalue weighted by atomic mass is 10.1. The van der Waals surface area contributed by atoms with Crippen LogP contribution in [0.1, 0.15) is 17.0 Å². The van der Waals surface area contributed by atoms with Crippen molar-refractivity contribution in [2.75, 3.05) is 13.3 Å². The van der Waals surface area contributed by atoms with Crippen molar-refractivity contribution in [3.63, 3.8) is 0 Å². The van der Waals surface area contributed by atoms with Gasteiger partial charge in [0.05, 0.1) is 12.1 Å². The summed E-state index contributed by atoms with van der Waals surface area (Å²) in [5.74, 6) is 0.500. The van der Waals surface area contributed by atoms with Crippen molar-refractivity contribution in [2.45, 2.75) is 24.2 Å². The van der Waals surface area contributed by atoms with Crippen molar-refractivity contribution in [3.05, 3.63) is 65.5 Å². The molecule has 1 heterocycles. The SMILES string of the molecule is CSc1ccc(CN(C)Cc2nc(-c3cccc(C(F)(F)F)c3)no2)cc1. The van der Waals surface area contributed by atoms with Gasteiger partial charge in [-0.3, -0.25) is 4.90 Å². The third-order valence-electron chi connectivity index (χ3n) is 3.93. The second-order valence-corrected chi connectivity index (χ2v) is 6.99. The number of hydrogen-bond acceptors (Lipinski definition) is 5. The molecule has 0 unspecified atom stereocenters. The molecule has 0 radical (unpaired) electrons. The Labute approximate surface area is 159 Å². The predicted octanol–water partition coefficient (Wildman–Crippen LogP) is 5.11. The summed E-state index contributed by atoms with van der Waals surface area (Å²) in [7, 11) is 1.91. The van der Waals surface area contributed by atoms with E-state index in [0.29, 0.717) is 19.0 Å². The zero-order valence-corrected chi connectivity index (χ0v) is 15.6. The Hall–Kier alpha value is -2.32. The standard InChI is InChI=1S/C19H18F3N3OS/c1-25(11-13-6-8-16(27-2)9-7-13)12-17-23-18(24-26-17)14-4-3-5-15(10-14)19(20,21)22/h3-10H,11-12H2,1-2H3. The molecule has 8 heteroatoms. The van der Waals surface area contributed by atoms with Crippen LogP contribution in [0.4, 0.5) is 13.2 Å². The van der Waals surface area contributed by atoms with Crippen LogP contribution in [0.2, 0.25) is 0 Å². The summed E-state index contributed by atoms with van der Waals surface area (Å²) < 4.78 is 43.7. The molecule has 0 bridgehead atoms. The summed E-state index contributed by atoms with van der Waals surface area (Å²) in [4.78, 5) is 7.42. The lowest BCUT2D eigenvalue weighted by molar-refractivity contribution is -0.137. The van der Waals surface area contributed by atoms with E-state index < -0.39 is 11.7 Å². The van der Waals surface area contributed by atoms with Crippen LogP contribution in [0, 0.1) is 0 Å². The van der Waals surface area contributed by atoms with Crippen molar-refractivity contribution in [2.24, 2.45) is 0 Å². The molecule has 0 amide bonds. The lowest BCUT2D eigenvalue weighted by Crippen LogP contribution is -2.17. The van der Waals surface area contributed by atoms with Crippen molar-refractivity contribution in [1.82, 2.24) is 15.0 Å². The van der Waals surface area contributed by atoms with Gasteiger partial charge in [-0.25, -0.2) is 0 Å². The first-order valence-corrected chi connectivity index (χ1v) is 9.39. The summed E-state index contributed by atoms with van der Waals surface area (Å²) in [5, 5.41) is 3.81. The van der Waals surface area contributed by atoms with Gasteiger partial charge in [0.1, 0.15) is 0 Å². The molecule has 0 aliphatic heterocycles. The van der Waals surface area contributed by atoms with Gasteiger partial charge in [-0.05, 0) is 43.1 Å². The smallest absolute Gasteiger partial charge is 0.338 e. The van der Waals surface area contributed by atoms with E-state index in [1.165, 1.54) is 17.0 Å². The van der Waals surface area contributed by atoms with Crippen LogP contribution in [0.25, 0.3) is 11.4 Å². The van der Waals surface area contributed by atoms with Crippen molar-refractivity contribution < 1.29 is 17.7 Å². The molecule has 0 aliphatic carbocycles. The molecule has 0 spiro atoms. The molecular formula is C19H18F3N3OS. The highest BCUT2D eigenvalue weighted by molar-refractivity contribution is 7.98. The van der Waals surface area contributed by atoms with Gasteiger partial charge in [-0.2, -0.15) is 18.2 Å². The first-order chi connectivity index (χ1) is 12.8. The number of aromatic nitrogens is 2. The Morgan fingerprint density at radius 3 is 2.48 bits per heavy atom. The average Bonchev–Trinajstić information content (AvgIpc) is 3.10. The fourth-order valence-corrected chi connectivity index (χ4v) is 3.01. The highest BCUT2D eigenvalue weighted by Crippen LogP contribution is 2.31. The maximum Gasteiger partial charge on any atom is 0.416 e. The van der Waals surface area contributed by atoms with E-state index in [9.17, 15) is 13.2 Å². The van der Waals surface area contributed by atoms with Crippen molar-refractivity contribution in [3.8, 4) is 11.4 Å². The molecule has 1 aromatic heterocycles. The van der Waals surface area contributed by atoms with Gasteiger partial charge in [-0.1, -0.05) is 29.4 Å². The van der Waals surface area contributed by atoms with Crippen molar-refractivity contribution >= 4 is 11.8 Å². The Morgan fingerprint density at radius 2 is 1.81 bits per heavy atom. The predicted molar refractivity (Wildman–Crippen MR) is 98.1 cm³/mol. The van der Waals surface area contributed by atoms with Crippen LogP contribution in [-0.2, 0) is 19.3 Å². The first-order valence-electron chi connectivity index (χ1n) is 8.17. The van der Waals surface area contributed by atoms with Gasteiger partial charge in [0.2, 0.25) is 11.7 Å². The fourth-order valence-electron chi connectivity index (χ4n) is 2.60. The molecule has 0 N–H and O–H groups in total. The maximum atomic E-state index is 12.8. The minimum atomic E-state index is -4.41. The van der Waals surface area contributed by atoms with E-state index in [4.69, 9.17) is 4.52 Å². The van der Waals surface area contributed by atoms with E-state index in [2.05, 4.69) is 34.4 Å². The second-order valence-electron chi connectivity index (χ2n) is 6.11. The first kappa shape index (κ1) is 19.4. The van der Waals surface area contributed by atoms with E-state index in [-0.39, 0.29) is 11.4 Å². The molecular weight excluding hydrogens is 375 g/mol. The molecule has 142 valence electrons. The fraction of sp³-hybridized carbons (Fsp3) is 0.263. The normalized spacial score (nSPS) is 11.9. The summed E-state index contributed by atoms with van der Waals surface area (Å²) >= 11 is 1.68. The quantitative estimate of drug-likeness (QED) is 0.545. The molecule has 4 nitrogen and oxygen atoms in total. The third kappa shape index (κ3) is 5.11. The van der Waals surface area contributed by atoms with Crippen molar-refractivity contribution in [1.29, 1.82) is 0 Å². The number of hydrogen-bond donors (Lipinski definition) is 0. The Kier molecular flexibility index (Phi) is 5.86. The van der Waals surface area contributed by atoms with Gasteiger partial charge in [0, 0.05) is 17.0 Å². The van der Waals surface area contributed by atoms with Gasteiger partial charge in [0.15, 0.2) is 0 Å². The number of benzene rings is 2. The average molecular weight is 393 g/mol. The van der Waals surface area contributed by atoms with E-state index in [1.807, 2.05) is 18.2 Å². The van der Waals surface area contributed by atoms with Crippen LogP contribution in [0.5, 0.6) is 0 Å². The van der Waals surface area contributed by atoms with Gasteiger partial charge >= 0.3 is 6.18 Å². The van der Waals surface area contributed by atoms with Crippen LogP contribution in [-0.4, -0.2) is 28.3 Å². The van der Waals surface area contributed by atoms with Gasteiger partial charge < -0.3 is 4.52 Å². The highest BCUT2D eigenvalue weighted by Gasteiger charge is 2.30. The molecule has 0 fully saturated rings. The summed E-state index contributed by atoms with van der Waals surface area (Å²) in [6.07, 6.45) is -2.38. The zero-order chi connectivity index (χ0) is 19.4. The monoisotopic (exact) mass is 393 g/mol. The van der Waals surface area contributed by atoms with E-state index in [0.717, 1.165) is 17.7 Å². The van der Waals surface area contributed by atoms with Crippen LogP contribution < -0.4 is 0 Å². The molecule has 27 heavy (non-hydrogen) atoms. The minimum absolute atomic E-state index is 0.147. The molecule has 0 saturated carbocycles. The summed E-state index contributed by atoms with van der Waals surface area (Å²) in [6, 6.07) is 13.1. The van der Waals surface area contributed by atoms with Gasteiger partial charge in [-0.15, -0.1) is 11.8 Å². The molecule has 0 aliphatic rings. The molecule has 3 rings (SSSR count). The number of halogens is 3. The molecule has 0 saturated heterocycles. The molecule has 2 aromatic carbocycles. The van der Waals surface area contributed by atoms with Crippen LogP contribution in [0.3, 0.4) is 0 Å². The van der Waals surface area contributed by atoms with Crippen LogP contribution >= 0.6 is 11.8 Å². The number of thioether (sulfide) groups is 1. The van der Waals surface area contributed by atoms with E-state index >= 15 is 0 Å². The number of rotatable bonds is 6. The topological polar surface area (TPSA) is 42.2 Å². The zero-order valence-electron chi connectivity index (χ0n) is 14.8. The number of nitrogens with zero attached hydrogens (tertiary/aromatic N) is 3. The second kappa shape index (κ2) is 8.14. The minimum Gasteiger partial charge on any atom is -0.338 e.